The number of ether oxygens (including phenoxy) is 1. The molecule has 0 aliphatic rings. The third-order valence-electron chi connectivity index (χ3n) is 2.49. The molecule has 2 heterocycles. The Balaban J connectivity index is 1.93. The van der Waals surface area contributed by atoms with Crippen LogP contribution in [0.1, 0.15) is 24.7 Å². The number of furan rings is 1. The first-order valence-electron chi connectivity index (χ1n) is 5.74. The first kappa shape index (κ1) is 11.7. The lowest BCUT2D eigenvalue weighted by Crippen LogP contribution is -2.01. The molecule has 0 atom stereocenters. The number of nitrogens with zero attached hydrogens (tertiary/aromatic N) is 2. The third kappa shape index (κ3) is 2.88. The van der Waals surface area contributed by atoms with Crippen LogP contribution in [0.5, 0.6) is 5.75 Å². The molecule has 0 aromatic carbocycles. The fourth-order valence-corrected chi connectivity index (χ4v) is 1.59. The highest BCUT2D eigenvalue weighted by Crippen LogP contribution is 2.15. The van der Waals surface area contributed by atoms with Gasteiger partial charge in [-0.3, -0.25) is 4.68 Å². The lowest BCUT2D eigenvalue weighted by molar-refractivity contribution is 0.268. The summed E-state index contributed by atoms with van der Waals surface area (Å²) >= 11 is 0. The molecule has 2 N–H and O–H groups in total. The number of nitrogens with two attached hydrogens (primary N) is 1. The Bertz CT molecular complexity index is 462. The second-order valence-corrected chi connectivity index (χ2v) is 3.80. The number of hydrogen-bond donors (Lipinski definition) is 1. The zero-order valence-corrected chi connectivity index (χ0v) is 9.93. The van der Waals surface area contributed by atoms with Gasteiger partial charge in [0.15, 0.2) is 5.75 Å². The highest BCUT2D eigenvalue weighted by Gasteiger charge is 2.06. The zero-order valence-electron chi connectivity index (χ0n) is 9.93. The van der Waals surface area contributed by atoms with E-state index in [1.807, 2.05) is 16.9 Å². The third-order valence-corrected chi connectivity index (χ3v) is 2.49. The molecule has 17 heavy (non-hydrogen) atoms. The van der Waals surface area contributed by atoms with Crippen molar-refractivity contribution in [3.63, 3.8) is 0 Å². The number of rotatable bonds is 6. The van der Waals surface area contributed by atoms with Crippen molar-refractivity contribution in [2.24, 2.45) is 5.73 Å². The van der Waals surface area contributed by atoms with Gasteiger partial charge in [-0.15, -0.1) is 0 Å². The van der Waals surface area contributed by atoms with E-state index in [9.17, 15) is 0 Å². The van der Waals surface area contributed by atoms with Crippen LogP contribution in [0.3, 0.4) is 0 Å². The van der Waals surface area contributed by atoms with Gasteiger partial charge in [-0.25, -0.2) is 0 Å². The van der Waals surface area contributed by atoms with Crippen LogP contribution in [0.4, 0.5) is 0 Å². The molecule has 0 radical (unpaired) electrons. The normalized spacial score (nSPS) is 10.7. The second-order valence-electron chi connectivity index (χ2n) is 3.80. The molecule has 0 aliphatic heterocycles. The van der Waals surface area contributed by atoms with Crippen molar-refractivity contribution < 1.29 is 9.15 Å². The summed E-state index contributed by atoms with van der Waals surface area (Å²) in [5.74, 6) is 1.52. The van der Waals surface area contributed by atoms with Gasteiger partial charge in [0.2, 0.25) is 0 Å². The van der Waals surface area contributed by atoms with E-state index in [0.29, 0.717) is 13.2 Å². The van der Waals surface area contributed by atoms with Crippen molar-refractivity contribution in [2.45, 2.75) is 33.0 Å². The average Bonchev–Trinajstić information content (AvgIpc) is 2.95. The van der Waals surface area contributed by atoms with Crippen molar-refractivity contribution >= 4 is 0 Å². The van der Waals surface area contributed by atoms with Gasteiger partial charge in [0.25, 0.3) is 0 Å². The number of aromatic nitrogens is 2. The van der Waals surface area contributed by atoms with Crippen LogP contribution in [0.2, 0.25) is 0 Å². The molecule has 0 aliphatic carbocycles. The van der Waals surface area contributed by atoms with E-state index in [0.717, 1.165) is 30.0 Å². The Morgan fingerprint density at radius 3 is 3.18 bits per heavy atom. The summed E-state index contributed by atoms with van der Waals surface area (Å²) in [5, 5.41) is 4.18. The standard InChI is InChI=1S/C12H17N3O2/c1-2-4-15-8-11(7-14-15)17-9-12-10(6-13)3-5-16-12/h3,5,7-8H,2,4,6,9,13H2,1H3. The van der Waals surface area contributed by atoms with E-state index in [2.05, 4.69) is 12.0 Å². The monoisotopic (exact) mass is 235 g/mol. The van der Waals surface area contributed by atoms with Crippen LogP contribution < -0.4 is 10.5 Å². The van der Waals surface area contributed by atoms with Crippen molar-refractivity contribution in [2.75, 3.05) is 0 Å². The van der Waals surface area contributed by atoms with Gasteiger partial charge >= 0.3 is 0 Å². The fourth-order valence-electron chi connectivity index (χ4n) is 1.59. The maximum atomic E-state index is 5.59. The quantitative estimate of drug-likeness (QED) is 0.830. The molecule has 0 amide bonds. The second kappa shape index (κ2) is 5.54. The molecule has 0 bridgehead atoms. The maximum absolute atomic E-state index is 5.59. The van der Waals surface area contributed by atoms with Crippen LogP contribution in [-0.2, 0) is 19.7 Å². The summed E-state index contributed by atoms with van der Waals surface area (Å²) in [6.45, 7) is 3.86. The molecular weight excluding hydrogens is 218 g/mol. The molecule has 0 fully saturated rings. The van der Waals surface area contributed by atoms with Crippen LogP contribution in [0.25, 0.3) is 0 Å². The first-order chi connectivity index (χ1) is 8.33. The van der Waals surface area contributed by atoms with E-state index < -0.39 is 0 Å². The van der Waals surface area contributed by atoms with Crippen molar-refractivity contribution in [3.05, 3.63) is 36.0 Å². The molecular formula is C12H17N3O2. The lowest BCUT2D eigenvalue weighted by atomic mass is 10.2. The summed E-state index contributed by atoms with van der Waals surface area (Å²) in [6, 6.07) is 1.86. The highest BCUT2D eigenvalue weighted by atomic mass is 16.5. The molecule has 5 nitrogen and oxygen atoms in total. The minimum Gasteiger partial charge on any atom is -0.482 e. The Morgan fingerprint density at radius 1 is 1.53 bits per heavy atom. The maximum Gasteiger partial charge on any atom is 0.157 e. The van der Waals surface area contributed by atoms with Gasteiger partial charge < -0.3 is 14.9 Å². The van der Waals surface area contributed by atoms with Crippen molar-refractivity contribution in [3.8, 4) is 5.75 Å². The summed E-state index contributed by atoms with van der Waals surface area (Å²) < 4.78 is 12.7. The molecule has 0 saturated carbocycles. The summed E-state index contributed by atoms with van der Waals surface area (Å²) in [4.78, 5) is 0. The molecule has 92 valence electrons. The molecule has 5 heteroatoms. The Hall–Kier alpha value is -1.75. The van der Waals surface area contributed by atoms with Gasteiger partial charge in [0.1, 0.15) is 12.4 Å². The number of hydrogen-bond acceptors (Lipinski definition) is 4. The average molecular weight is 235 g/mol. The topological polar surface area (TPSA) is 66.2 Å². The van der Waals surface area contributed by atoms with Gasteiger partial charge in [-0.2, -0.15) is 5.10 Å². The Kier molecular flexibility index (Phi) is 3.82. The summed E-state index contributed by atoms with van der Waals surface area (Å²) in [7, 11) is 0. The zero-order chi connectivity index (χ0) is 12.1. The predicted molar refractivity (Wildman–Crippen MR) is 63.4 cm³/mol. The molecule has 0 unspecified atom stereocenters. The summed E-state index contributed by atoms with van der Waals surface area (Å²) in [6.07, 6.45) is 6.27. The minimum absolute atomic E-state index is 0.386. The molecule has 0 saturated heterocycles. The predicted octanol–water partition coefficient (Wildman–Crippen LogP) is 1.92. The smallest absolute Gasteiger partial charge is 0.157 e. The highest BCUT2D eigenvalue weighted by molar-refractivity contribution is 5.18. The van der Waals surface area contributed by atoms with Gasteiger partial charge in [-0.1, -0.05) is 6.92 Å². The van der Waals surface area contributed by atoms with E-state index >= 15 is 0 Å². The van der Waals surface area contributed by atoms with Gasteiger partial charge in [0, 0.05) is 18.7 Å². The Morgan fingerprint density at radius 2 is 2.41 bits per heavy atom. The number of aryl methyl sites for hydroxylation is 1. The van der Waals surface area contributed by atoms with Crippen LogP contribution in [0, 0.1) is 0 Å². The molecule has 2 aromatic rings. The van der Waals surface area contributed by atoms with Crippen LogP contribution >= 0.6 is 0 Å². The molecule has 2 aromatic heterocycles. The van der Waals surface area contributed by atoms with E-state index in [1.54, 1.807) is 12.5 Å². The van der Waals surface area contributed by atoms with Crippen molar-refractivity contribution in [1.29, 1.82) is 0 Å². The minimum atomic E-state index is 0.386. The molecule has 0 spiro atoms. The van der Waals surface area contributed by atoms with Crippen molar-refractivity contribution in [1.82, 2.24) is 9.78 Å². The largest absolute Gasteiger partial charge is 0.482 e. The van der Waals surface area contributed by atoms with E-state index in [-0.39, 0.29) is 0 Å². The van der Waals surface area contributed by atoms with Crippen LogP contribution in [-0.4, -0.2) is 9.78 Å². The van der Waals surface area contributed by atoms with Crippen LogP contribution in [0.15, 0.2) is 29.1 Å². The first-order valence-corrected chi connectivity index (χ1v) is 5.74. The Labute approximate surface area is 100 Å². The van der Waals surface area contributed by atoms with E-state index in [1.165, 1.54) is 0 Å². The fraction of sp³-hybridized carbons (Fsp3) is 0.417. The molecule has 2 rings (SSSR count). The SMILES string of the molecule is CCCn1cc(OCc2occc2CN)cn1. The summed E-state index contributed by atoms with van der Waals surface area (Å²) in [5.41, 5.74) is 6.55. The van der Waals surface area contributed by atoms with Gasteiger partial charge in [-0.05, 0) is 12.5 Å². The lowest BCUT2D eigenvalue weighted by Gasteiger charge is -2.02. The van der Waals surface area contributed by atoms with E-state index in [4.69, 9.17) is 14.9 Å². The van der Waals surface area contributed by atoms with Gasteiger partial charge in [0.05, 0.1) is 18.7 Å².